The largest absolute Gasteiger partial charge is 0.298 e. The standard InChI is InChI=1S/C13H18OS2/c1-9(2)15-12-6-5-11(8-14)13(7-12)16-10(3)4/h5-10H,1-4H3. The molecule has 1 aromatic carbocycles. The van der Waals surface area contributed by atoms with Gasteiger partial charge in [-0.3, -0.25) is 4.79 Å². The molecule has 1 aromatic rings. The number of thioether (sulfide) groups is 2. The van der Waals surface area contributed by atoms with Crippen LogP contribution < -0.4 is 0 Å². The number of carbonyl (C=O) groups excluding carboxylic acids is 1. The first-order chi connectivity index (χ1) is 7.52. The summed E-state index contributed by atoms with van der Waals surface area (Å²) < 4.78 is 0. The van der Waals surface area contributed by atoms with E-state index in [-0.39, 0.29) is 0 Å². The molecule has 1 nitrogen and oxygen atoms in total. The number of aldehydes is 1. The molecular weight excluding hydrogens is 236 g/mol. The van der Waals surface area contributed by atoms with Crippen LogP contribution in [0.1, 0.15) is 38.1 Å². The zero-order chi connectivity index (χ0) is 12.1. The van der Waals surface area contributed by atoms with E-state index in [1.165, 1.54) is 4.90 Å². The van der Waals surface area contributed by atoms with Crippen LogP contribution in [0.2, 0.25) is 0 Å². The van der Waals surface area contributed by atoms with Crippen molar-refractivity contribution in [3.8, 4) is 0 Å². The summed E-state index contributed by atoms with van der Waals surface area (Å²) in [5, 5.41) is 1.07. The normalized spacial score (nSPS) is 11.1. The molecule has 0 aliphatic heterocycles. The van der Waals surface area contributed by atoms with E-state index >= 15 is 0 Å². The molecule has 0 N–H and O–H groups in total. The molecule has 88 valence electrons. The Morgan fingerprint density at radius 3 is 2.19 bits per heavy atom. The molecule has 0 heterocycles. The van der Waals surface area contributed by atoms with Gasteiger partial charge in [-0.25, -0.2) is 0 Å². The molecule has 1 rings (SSSR count). The van der Waals surface area contributed by atoms with Crippen LogP contribution in [0.5, 0.6) is 0 Å². The molecule has 3 heteroatoms. The fourth-order valence-corrected chi connectivity index (χ4v) is 3.22. The zero-order valence-corrected chi connectivity index (χ0v) is 11.8. The highest BCUT2D eigenvalue weighted by Gasteiger charge is 2.07. The topological polar surface area (TPSA) is 17.1 Å². The van der Waals surface area contributed by atoms with Crippen LogP contribution in [-0.2, 0) is 0 Å². The average molecular weight is 254 g/mol. The third-order valence-corrected chi connectivity index (χ3v) is 3.92. The van der Waals surface area contributed by atoms with Crippen molar-refractivity contribution >= 4 is 29.8 Å². The van der Waals surface area contributed by atoms with Gasteiger partial charge in [-0.1, -0.05) is 27.7 Å². The van der Waals surface area contributed by atoms with Gasteiger partial charge in [0.1, 0.15) is 0 Å². The summed E-state index contributed by atoms with van der Waals surface area (Å²) in [7, 11) is 0. The fourth-order valence-electron chi connectivity index (χ4n) is 1.31. The Labute approximate surface area is 106 Å². The molecule has 0 amide bonds. The van der Waals surface area contributed by atoms with E-state index in [2.05, 4.69) is 33.8 Å². The first-order valence-corrected chi connectivity index (χ1v) is 7.21. The van der Waals surface area contributed by atoms with Crippen LogP contribution >= 0.6 is 23.5 Å². The number of benzene rings is 1. The van der Waals surface area contributed by atoms with Crippen molar-refractivity contribution in [1.82, 2.24) is 0 Å². The lowest BCUT2D eigenvalue weighted by atomic mass is 10.2. The molecule has 0 aliphatic rings. The second-order valence-corrected chi connectivity index (χ2v) is 7.42. The average Bonchev–Trinajstić information content (AvgIpc) is 2.16. The fraction of sp³-hybridized carbons (Fsp3) is 0.462. The van der Waals surface area contributed by atoms with Crippen LogP contribution in [0.25, 0.3) is 0 Å². The summed E-state index contributed by atoms with van der Waals surface area (Å²) >= 11 is 3.58. The monoisotopic (exact) mass is 254 g/mol. The van der Waals surface area contributed by atoms with Crippen LogP contribution in [0.4, 0.5) is 0 Å². The highest BCUT2D eigenvalue weighted by atomic mass is 32.2. The second-order valence-electron chi connectivity index (χ2n) is 4.15. The van der Waals surface area contributed by atoms with Crippen molar-refractivity contribution in [2.45, 2.75) is 48.0 Å². The van der Waals surface area contributed by atoms with E-state index in [0.717, 1.165) is 16.7 Å². The predicted molar refractivity (Wildman–Crippen MR) is 73.8 cm³/mol. The molecule has 0 spiro atoms. The van der Waals surface area contributed by atoms with Gasteiger partial charge < -0.3 is 0 Å². The number of carbonyl (C=O) groups is 1. The highest BCUT2D eigenvalue weighted by Crippen LogP contribution is 2.31. The molecule has 0 unspecified atom stereocenters. The van der Waals surface area contributed by atoms with Gasteiger partial charge in [0.2, 0.25) is 0 Å². The summed E-state index contributed by atoms with van der Waals surface area (Å²) in [6.07, 6.45) is 0.939. The van der Waals surface area contributed by atoms with Gasteiger partial charge in [0.05, 0.1) is 0 Å². The smallest absolute Gasteiger partial charge is 0.151 e. The Kier molecular flexibility index (Phi) is 5.42. The first kappa shape index (κ1) is 13.7. The summed E-state index contributed by atoms with van der Waals surface area (Å²) in [6, 6.07) is 6.07. The molecule has 0 bridgehead atoms. The maximum absolute atomic E-state index is 10.9. The van der Waals surface area contributed by atoms with Gasteiger partial charge in [0.25, 0.3) is 0 Å². The molecule has 0 fully saturated rings. The van der Waals surface area contributed by atoms with Gasteiger partial charge in [-0.2, -0.15) is 0 Å². The lowest BCUT2D eigenvalue weighted by molar-refractivity contribution is 0.112. The third-order valence-electron chi connectivity index (χ3n) is 1.85. The molecular formula is C13H18OS2. The van der Waals surface area contributed by atoms with Gasteiger partial charge in [0, 0.05) is 25.9 Å². The van der Waals surface area contributed by atoms with Crippen molar-refractivity contribution in [2.24, 2.45) is 0 Å². The van der Waals surface area contributed by atoms with E-state index < -0.39 is 0 Å². The van der Waals surface area contributed by atoms with Crippen molar-refractivity contribution in [3.63, 3.8) is 0 Å². The SMILES string of the molecule is CC(C)Sc1ccc(C=O)c(SC(C)C)c1. The Morgan fingerprint density at radius 2 is 1.69 bits per heavy atom. The first-order valence-electron chi connectivity index (χ1n) is 5.45. The summed E-state index contributed by atoms with van der Waals surface area (Å²) in [5.74, 6) is 0. The van der Waals surface area contributed by atoms with E-state index in [1.807, 2.05) is 23.9 Å². The second kappa shape index (κ2) is 6.36. The Balaban J connectivity index is 2.96. The lowest BCUT2D eigenvalue weighted by Gasteiger charge is -2.11. The van der Waals surface area contributed by atoms with Gasteiger partial charge in [-0.15, -0.1) is 23.5 Å². The summed E-state index contributed by atoms with van der Waals surface area (Å²) in [4.78, 5) is 13.3. The van der Waals surface area contributed by atoms with Gasteiger partial charge in [-0.05, 0) is 18.2 Å². The summed E-state index contributed by atoms with van der Waals surface area (Å²) in [6.45, 7) is 8.63. The van der Waals surface area contributed by atoms with Crippen molar-refractivity contribution < 1.29 is 4.79 Å². The van der Waals surface area contributed by atoms with Crippen LogP contribution in [-0.4, -0.2) is 16.8 Å². The quantitative estimate of drug-likeness (QED) is 0.569. The third kappa shape index (κ3) is 4.22. The zero-order valence-electron chi connectivity index (χ0n) is 10.2. The molecule has 0 aliphatic carbocycles. The van der Waals surface area contributed by atoms with Crippen molar-refractivity contribution in [3.05, 3.63) is 23.8 Å². The maximum Gasteiger partial charge on any atom is 0.151 e. The van der Waals surface area contributed by atoms with E-state index in [4.69, 9.17) is 0 Å². The molecule has 0 radical (unpaired) electrons. The molecule has 0 atom stereocenters. The highest BCUT2D eigenvalue weighted by molar-refractivity contribution is 8.00. The molecule has 0 saturated heterocycles. The van der Waals surface area contributed by atoms with Crippen LogP contribution in [0.15, 0.2) is 28.0 Å². The lowest BCUT2D eigenvalue weighted by Crippen LogP contribution is -1.93. The number of hydrogen-bond acceptors (Lipinski definition) is 3. The minimum absolute atomic E-state index is 0.498. The van der Waals surface area contributed by atoms with E-state index in [9.17, 15) is 4.79 Å². The van der Waals surface area contributed by atoms with Gasteiger partial charge in [0.15, 0.2) is 6.29 Å². The number of rotatable bonds is 5. The van der Waals surface area contributed by atoms with E-state index in [0.29, 0.717) is 10.5 Å². The predicted octanol–water partition coefficient (Wildman–Crippen LogP) is 4.50. The minimum atomic E-state index is 0.498. The maximum atomic E-state index is 10.9. The van der Waals surface area contributed by atoms with Crippen LogP contribution in [0, 0.1) is 0 Å². The van der Waals surface area contributed by atoms with E-state index in [1.54, 1.807) is 11.8 Å². The Hall–Kier alpha value is -0.410. The molecule has 0 aromatic heterocycles. The minimum Gasteiger partial charge on any atom is -0.298 e. The van der Waals surface area contributed by atoms with Crippen molar-refractivity contribution in [2.75, 3.05) is 0 Å². The number of hydrogen-bond donors (Lipinski definition) is 0. The Morgan fingerprint density at radius 1 is 1.06 bits per heavy atom. The summed E-state index contributed by atoms with van der Waals surface area (Å²) in [5.41, 5.74) is 0.798. The van der Waals surface area contributed by atoms with Crippen LogP contribution in [0.3, 0.4) is 0 Å². The Bertz CT molecular complexity index is 359. The molecule has 16 heavy (non-hydrogen) atoms. The molecule has 0 saturated carbocycles. The van der Waals surface area contributed by atoms with Crippen molar-refractivity contribution in [1.29, 1.82) is 0 Å². The van der Waals surface area contributed by atoms with Gasteiger partial charge >= 0.3 is 0 Å².